The second kappa shape index (κ2) is 6.31. The lowest BCUT2D eigenvalue weighted by Crippen LogP contribution is -2.02. The smallest absolute Gasteiger partial charge is 0.332 e. The van der Waals surface area contributed by atoms with Gasteiger partial charge in [-0.2, -0.15) is 0 Å². The maximum absolute atomic E-state index is 10.9. The molecule has 0 bridgehead atoms. The molecule has 1 aromatic heterocycles. The number of rotatable bonds is 5. The highest BCUT2D eigenvalue weighted by Gasteiger charge is 2.18. The molecular formula is C13H12ClN3O3. The van der Waals surface area contributed by atoms with Gasteiger partial charge in [0.25, 0.3) is 5.88 Å². The molecule has 0 amide bonds. The molecule has 0 saturated carbocycles. The summed E-state index contributed by atoms with van der Waals surface area (Å²) in [6.45, 7) is 0.560. The molecule has 0 fully saturated rings. The Labute approximate surface area is 120 Å². The molecule has 104 valence electrons. The topological polar surface area (TPSA) is 91.3 Å². The van der Waals surface area contributed by atoms with Gasteiger partial charge in [0.2, 0.25) is 0 Å². The van der Waals surface area contributed by atoms with E-state index < -0.39 is 4.92 Å². The lowest BCUT2D eigenvalue weighted by atomic mass is 10.1. The molecule has 0 saturated heterocycles. The van der Waals surface area contributed by atoms with Gasteiger partial charge in [-0.3, -0.25) is 10.1 Å². The minimum Gasteiger partial charge on any atom is -0.434 e. The van der Waals surface area contributed by atoms with E-state index in [1.165, 1.54) is 12.3 Å². The van der Waals surface area contributed by atoms with Gasteiger partial charge in [0.15, 0.2) is 0 Å². The Bertz CT molecular complexity index is 617. The summed E-state index contributed by atoms with van der Waals surface area (Å²) in [7, 11) is 0. The van der Waals surface area contributed by atoms with Gasteiger partial charge in [-0.05, 0) is 30.7 Å². The third-order valence-electron chi connectivity index (χ3n) is 2.57. The maximum Gasteiger partial charge on any atom is 0.332 e. The Kier molecular flexibility index (Phi) is 4.49. The Morgan fingerprint density at radius 1 is 1.35 bits per heavy atom. The van der Waals surface area contributed by atoms with Crippen molar-refractivity contribution in [1.29, 1.82) is 0 Å². The van der Waals surface area contributed by atoms with Gasteiger partial charge in [0, 0.05) is 6.07 Å². The lowest BCUT2D eigenvalue weighted by molar-refractivity contribution is -0.386. The molecule has 0 aliphatic rings. The van der Waals surface area contributed by atoms with Crippen LogP contribution in [0.4, 0.5) is 5.69 Å². The molecule has 0 radical (unpaired) electrons. The van der Waals surface area contributed by atoms with Crippen molar-refractivity contribution in [2.75, 3.05) is 6.54 Å². The predicted molar refractivity (Wildman–Crippen MR) is 75.2 cm³/mol. The Balaban J connectivity index is 2.23. The van der Waals surface area contributed by atoms with Crippen molar-refractivity contribution in [3.05, 3.63) is 57.2 Å². The number of pyridine rings is 1. The number of nitrogens with zero attached hydrogens (tertiary/aromatic N) is 2. The van der Waals surface area contributed by atoms with E-state index in [1.54, 1.807) is 12.1 Å². The molecule has 2 rings (SSSR count). The first-order valence-electron chi connectivity index (χ1n) is 5.87. The van der Waals surface area contributed by atoms with Crippen molar-refractivity contribution in [2.45, 2.75) is 6.42 Å². The molecule has 0 atom stereocenters. The molecule has 0 unspecified atom stereocenters. The van der Waals surface area contributed by atoms with E-state index in [9.17, 15) is 10.1 Å². The van der Waals surface area contributed by atoms with Crippen molar-refractivity contribution in [2.24, 2.45) is 5.73 Å². The summed E-state index contributed by atoms with van der Waals surface area (Å²) in [5.74, 6) is 0.370. The summed E-state index contributed by atoms with van der Waals surface area (Å²) in [6, 6.07) is 8.33. The van der Waals surface area contributed by atoms with Crippen LogP contribution in [-0.4, -0.2) is 16.5 Å². The fourth-order valence-corrected chi connectivity index (χ4v) is 1.78. The minimum atomic E-state index is -0.586. The SMILES string of the molecule is NCCc1ccc(Oc2ncc(Cl)cc2[N+](=O)[O-])cc1. The average Bonchev–Trinajstić information content (AvgIpc) is 2.43. The summed E-state index contributed by atoms with van der Waals surface area (Å²) in [6.07, 6.45) is 2.06. The first kappa shape index (κ1) is 14.2. The van der Waals surface area contributed by atoms with Crippen LogP contribution in [0.3, 0.4) is 0 Å². The fourth-order valence-electron chi connectivity index (χ4n) is 1.63. The zero-order valence-electron chi connectivity index (χ0n) is 10.5. The second-order valence-corrected chi connectivity index (χ2v) is 4.46. The largest absolute Gasteiger partial charge is 0.434 e. The highest BCUT2D eigenvalue weighted by Crippen LogP contribution is 2.31. The second-order valence-electron chi connectivity index (χ2n) is 4.02. The highest BCUT2D eigenvalue weighted by molar-refractivity contribution is 6.30. The molecule has 1 heterocycles. The first-order valence-corrected chi connectivity index (χ1v) is 6.24. The highest BCUT2D eigenvalue weighted by atomic mass is 35.5. The van der Waals surface area contributed by atoms with E-state index in [0.29, 0.717) is 12.3 Å². The number of hydrogen-bond acceptors (Lipinski definition) is 5. The number of ether oxygens (including phenoxy) is 1. The van der Waals surface area contributed by atoms with Crippen LogP contribution in [-0.2, 0) is 6.42 Å². The maximum atomic E-state index is 10.9. The summed E-state index contributed by atoms with van der Waals surface area (Å²) in [4.78, 5) is 14.2. The lowest BCUT2D eigenvalue weighted by Gasteiger charge is -2.06. The Morgan fingerprint density at radius 2 is 2.05 bits per heavy atom. The van der Waals surface area contributed by atoms with Gasteiger partial charge in [0.05, 0.1) is 16.1 Å². The van der Waals surface area contributed by atoms with Crippen molar-refractivity contribution in [1.82, 2.24) is 4.98 Å². The van der Waals surface area contributed by atoms with Gasteiger partial charge >= 0.3 is 5.69 Å². The molecular weight excluding hydrogens is 282 g/mol. The van der Waals surface area contributed by atoms with E-state index in [-0.39, 0.29) is 16.6 Å². The molecule has 20 heavy (non-hydrogen) atoms. The number of aromatic nitrogens is 1. The van der Waals surface area contributed by atoms with Crippen molar-refractivity contribution in [3.8, 4) is 11.6 Å². The zero-order valence-corrected chi connectivity index (χ0v) is 11.2. The van der Waals surface area contributed by atoms with Gasteiger partial charge in [0.1, 0.15) is 5.75 Å². The summed E-state index contributed by atoms with van der Waals surface area (Å²) in [5.41, 5.74) is 6.25. The summed E-state index contributed by atoms with van der Waals surface area (Å²) >= 11 is 5.69. The van der Waals surface area contributed by atoms with Gasteiger partial charge in [-0.15, -0.1) is 0 Å². The number of hydrogen-bond donors (Lipinski definition) is 1. The quantitative estimate of drug-likeness (QED) is 0.676. The van der Waals surface area contributed by atoms with Crippen LogP contribution in [0.15, 0.2) is 36.5 Å². The molecule has 6 nitrogen and oxygen atoms in total. The van der Waals surface area contributed by atoms with Gasteiger partial charge in [-0.25, -0.2) is 4.98 Å². The van der Waals surface area contributed by atoms with Crippen molar-refractivity contribution >= 4 is 17.3 Å². The van der Waals surface area contributed by atoms with Crippen LogP contribution in [0.25, 0.3) is 0 Å². The molecule has 1 aromatic carbocycles. The molecule has 0 aliphatic heterocycles. The van der Waals surface area contributed by atoms with Crippen LogP contribution >= 0.6 is 11.6 Å². The minimum absolute atomic E-state index is 0.0917. The Hall–Kier alpha value is -2.18. The molecule has 2 N–H and O–H groups in total. The average molecular weight is 294 g/mol. The summed E-state index contributed by atoms with van der Waals surface area (Å²) < 4.78 is 5.42. The van der Waals surface area contributed by atoms with Crippen LogP contribution < -0.4 is 10.5 Å². The van der Waals surface area contributed by atoms with Crippen molar-refractivity contribution < 1.29 is 9.66 Å². The monoisotopic (exact) mass is 293 g/mol. The van der Waals surface area contributed by atoms with Gasteiger partial charge in [-0.1, -0.05) is 23.7 Å². The van der Waals surface area contributed by atoms with E-state index in [4.69, 9.17) is 22.1 Å². The number of nitro groups is 1. The third-order valence-corrected chi connectivity index (χ3v) is 2.77. The molecule has 0 spiro atoms. The number of nitrogens with two attached hydrogens (primary N) is 1. The number of benzene rings is 1. The van der Waals surface area contributed by atoms with Crippen molar-refractivity contribution in [3.63, 3.8) is 0 Å². The first-order chi connectivity index (χ1) is 9.60. The normalized spacial score (nSPS) is 10.3. The number of halogens is 1. The molecule has 7 heteroatoms. The van der Waals surface area contributed by atoms with Crippen LogP contribution in [0.1, 0.15) is 5.56 Å². The van der Waals surface area contributed by atoms with E-state index >= 15 is 0 Å². The predicted octanol–water partition coefficient (Wildman–Crippen LogP) is 2.94. The van der Waals surface area contributed by atoms with Gasteiger partial charge < -0.3 is 10.5 Å². The zero-order chi connectivity index (χ0) is 14.5. The van der Waals surface area contributed by atoms with E-state index in [1.807, 2.05) is 12.1 Å². The Morgan fingerprint density at radius 3 is 2.65 bits per heavy atom. The van der Waals surface area contributed by atoms with Crippen LogP contribution in [0.5, 0.6) is 11.6 Å². The molecule has 2 aromatic rings. The standard InChI is InChI=1S/C13H12ClN3O3/c14-10-7-12(17(18)19)13(16-8-10)20-11-3-1-9(2-4-11)5-6-15/h1-4,7-8H,5-6,15H2. The van der Waals surface area contributed by atoms with Crippen LogP contribution in [0.2, 0.25) is 5.02 Å². The third kappa shape index (κ3) is 3.43. The van der Waals surface area contributed by atoms with E-state index in [2.05, 4.69) is 4.98 Å². The van der Waals surface area contributed by atoms with Crippen LogP contribution in [0, 0.1) is 10.1 Å². The fraction of sp³-hybridized carbons (Fsp3) is 0.154. The molecule has 0 aliphatic carbocycles. The van der Waals surface area contributed by atoms with E-state index in [0.717, 1.165) is 12.0 Å². The summed E-state index contributed by atoms with van der Waals surface area (Å²) in [5, 5.41) is 11.1.